The third-order valence-electron chi connectivity index (χ3n) is 3.11. The minimum Gasteiger partial charge on any atom is -0.493 e. The smallest absolute Gasteiger partial charge is 0.175 e. The van der Waals surface area contributed by atoms with Gasteiger partial charge in [-0.2, -0.15) is 0 Å². The summed E-state index contributed by atoms with van der Waals surface area (Å²) in [6.07, 6.45) is 0. The molecule has 5 heteroatoms. The fraction of sp³-hybridized carbons (Fsp3) is 0.250. The molecule has 0 aliphatic heterocycles. The predicted octanol–water partition coefficient (Wildman–Crippen LogP) is 2.99. The first-order chi connectivity index (χ1) is 10.2. The first kappa shape index (κ1) is 15.8. The molecular weight excluding hydrogens is 334 g/mol. The van der Waals surface area contributed by atoms with Gasteiger partial charge in [0.1, 0.15) is 6.61 Å². The van der Waals surface area contributed by atoms with Crippen molar-refractivity contribution >= 4 is 15.9 Å². The van der Waals surface area contributed by atoms with E-state index in [2.05, 4.69) is 15.9 Å². The highest BCUT2D eigenvalue weighted by atomic mass is 79.9. The highest BCUT2D eigenvalue weighted by Crippen LogP contribution is 2.37. The lowest BCUT2D eigenvalue weighted by molar-refractivity contribution is 0.279. The van der Waals surface area contributed by atoms with E-state index in [1.54, 1.807) is 7.11 Å². The van der Waals surface area contributed by atoms with Crippen molar-refractivity contribution in [2.75, 3.05) is 7.11 Å². The van der Waals surface area contributed by atoms with Crippen LogP contribution in [-0.4, -0.2) is 12.2 Å². The summed E-state index contributed by atoms with van der Waals surface area (Å²) in [7, 11) is 1.60. The van der Waals surface area contributed by atoms with E-state index in [0.717, 1.165) is 21.2 Å². The number of ether oxygens (including phenoxy) is 2. The average molecular weight is 352 g/mol. The largest absolute Gasteiger partial charge is 0.493 e. The number of rotatable bonds is 6. The Balaban J connectivity index is 2.15. The van der Waals surface area contributed by atoms with Crippen LogP contribution >= 0.6 is 15.9 Å². The minimum atomic E-state index is 0.0427. The Labute approximate surface area is 132 Å². The van der Waals surface area contributed by atoms with E-state index in [1.807, 2.05) is 36.4 Å². The quantitative estimate of drug-likeness (QED) is 0.839. The number of hydrogen-bond donors (Lipinski definition) is 2. The molecule has 21 heavy (non-hydrogen) atoms. The molecule has 0 saturated carbocycles. The first-order valence-corrected chi connectivity index (χ1v) is 7.35. The van der Waals surface area contributed by atoms with Gasteiger partial charge in [-0.3, -0.25) is 0 Å². The van der Waals surface area contributed by atoms with Crippen LogP contribution in [0.15, 0.2) is 40.9 Å². The summed E-state index contributed by atoms with van der Waals surface area (Å²) in [5, 5.41) is 9.03. The minimum absolute atomic E-state index is 0.0427. The second-order valence-corrected chi connectivity index (χ2v) is 5.43. The number of halogens is 1. The Kier molecular flexibility index (Phi) is 5.61. The maximum atomic E-state index is 9.03. The second-order valence-electron chi connectivity index (χ2n) is 4.58. The number of hydrogen-bond acceptors (Lipinski definition) is 4. The van der Waals surface area contributed by atoms with Gasteiger partial charge in [0, 0.05) is 6.54 Å². The summed E-state index contributed by atoms with van der Waals surface area (Å²) in [6, 6.07) is 11.4. The van der Waals surface area contributed by atoms with Gasteiger partial charge in [-0.25, -0.2) is 0 Å². The van der Waals surface area contributed by atoms with Crippen molar-refractivity contribution in [3.8, 4) is 11.5 Å². The zero-order chi connectivity index (χ0) is 15.2. The molecule has 0 saturated heterocycles. The fourth-order valence-electron chi connectivity index (χ4n) is 1.93. The molecule has 0 unspecified atom stereocenters. The Morgan fingerprint density at radius 3 is 2.33 bits per heavy atom. The van der Waals surface area contributed by atoms with E-state index in [0.29, 0.717) is 24.7 Å². The molecule has 0 aliphatic rings. The summed E-state index contributed by atoms with van der Waals surface area (Å²) in [5.41, 5.74) is 8.51. The van der Waals surface area contributed by atoms with Gasteiger partial charge in [0.05, 0.1) is 18.2 Å². The van der Waals surface area contributed by atoms with Gasteiger partial charge in [-0.05, 0) is 44.8 Å². The van der Waals surface area contributed by atoms with Crippen molar-refractivity contribution < 1.29 is 14.6 Å². The first-order valence-electron chi connectivity index (χ1n) is 6.56. The summed E-state index contributed by atoms with van der Waals surface area (Å²) in [6.45, 7) is 0.904. The SMILES string of the molecule is COc1cc(CN)cc(Br)c1OCc1ccc(CO)cc1. The van der Waals surface area contributed by atoms with Crippen LogP contribution in [0.2, 0.25) is 0 Å². The molecule has 0 aromatic heterocycles. The normalized spacial score (nSPS) is 10.5. The molecule has 2 aromatic rings. The van der Waals surface area contributed by atoms with Crippen LogP contribution in [-0.2, 0) is 19.8 Å². The van der Waals surface area contributed by atoms with Crippen LogP contribution in [0, 0.1) is 0 Å². The van der Waals surface area contributed by atoms with Crippen LogP contribution in [0.1, 0.15) is 16.7 Å². The molecule has 2 rings (SSSR count). The average Bonchev–Trinajstić information content (AvgIpc) is 2.53. The van der Waals surface area contributed by atoms with Gasteiger partial charge in [0.25, 0.3) is 0 Å². The zero-order valence-corrected chi connectivity index (χ0v) is 13.4. The predicted molar refractivity (Wildman–Crippen MR) is 85.3 cm³/mol. The highest BCUT2D eigenvalue weighted by Gasteiger charge is 2.11. The van der Waals surface area contributed by atoms with Gasteiger partial charge in [0.15, 0.2) is 11.5 Å². The molecule has 4 nitrogen and oxygen atoms in total. The van der Waals surface area contributed by atoms with E-state index in [1.165, 1.54) is 0 Å². The lowest BCUT2D eigenvalue weighted by Gasteiger charge is -2.14. The van der Waals surface area contributed by atoms with Crippen molar-refractivity contribution in [3.63, 3.8) is 0 Å². The molecule has 0 atom stereocenters. The van der Waals surface area contributed by atoms with Crippen molar-refractivity contribution in [2.45, 2.75) is 19.8 Å². The maximum absolute atomic E-state index is 9.03. The second kappa shape index (κ2) is 7.45. The van der Waals surface area contributed by atoms with Gasteiger partial charge in [0.2, 0.25) is 0 Å². The third kappa shape index (κ3) is 3.97. The van der Waals surface area contributed by atoms with E-state index >= 15 is 0 Å². The number of methoxy groups -OCH3 is 1. The van der Waals surface area contributed by atoms with Gasteiger partial charge < -0.3 is 20.3 Å². The number of nitrogens with two attached hydrogens (primary N) is 1. The van der Waals surface area contributed by atoms with Gasteiger partial charge in [-0.15, -0.1) is 0 Å². The molecular formula is C16H18BrNO3. The van der Waals surface area contributed by atoms with Gasteiger partial charge >= 0.3 is 0 Å². The Morgan fingerprint density at radius 2 is 1.76 bits per heavy atom. The molecule has 0 aliphatic carbocycles. The molecule has 0 radical (unpaired) electrons. The molecule has 0 heterocycles. The van der Waals surface area contributed by atoms with Crippen molar-refractivity contribution in [3.05, 3.63) is 57.6 Å². The zero-order valence-electron chi connectivity index (χ0n) is 11.8. The van der Waals surface area contributed by atoms with Crippen LogP contribution in [0.3, 0.4) is 0 Å². The number of aliphatic hydroxyl groups excluding tert-OH is 1. The van der Waals surface area contributed by atoms with E-state index in [-0.39, 0.29) is 6.61 Å². The molecule has 0 amide bonds. The molecule has 0 spiro atoms. The summed E-state index contributed by atoms with van der Waals surface area (Å²) in [5.74, 6) is 1.30. The Bertz CT molecular complexity index is 599. The van der Waals surface area contributed by atoms with Crippen molar-refractivity contribution in [2.24, 2.45) is 5.73 Å². The van der Waals surface area contributed by atoms with Crippen molar-refractivity contribution in [1.29, 1.82) is 0 Å². The molecule has 0 fully saturated rings. The monoisotopic (exact) mass is 351 g/mol. The lowest BCUT2D eigenvalue weighted by atomic mass is 10.1. The van der Waals surface area contributed by atoms with Gasteiger partial charge in [-0.1, -0.05) is 24.3 Å². The van der Waals surface area contributed by atoms with Crippen LogP contribution in [0.5, 0.6) is 11.5 Å². The third-order valence-corrected chi connectivity index (χ3v) is 3.70. The van der Waals surface area contributed by atoms with Crippen LogP contribution in [0.4, 0.5) is 0 Å². The molecule has 0 bridgehead atoms. The van der Waals surface area contributed by atoms with Crippen molar-refractivity contribution in [1.82, 2.24) is 0 Å². The van der Waals surface area contributed by atoms with E-state index in [9.17, 15) is 0 Å². The standard InChI is InChI=1S/C16H18BrNO3/c1-20-15-7-13(8-18)6-14(17)16(15)21-10-12-4-2-11(9-19)3-5-12/h2-7,19H,8-10,18H2,1H3. The Hall–Kier alpha value is -1.56. The highest BCUT2D eigenvalue weighted by molar-refractivity contribution is 9.10. The van der Waals surface area contributed by atoms with Crippen LogP contribution in [0.25, 0.3) is 0 Å². The van der Waals surface area contributed by atoms with E-state index in [4.69, 9.17) is 20.3 Å². The number of benzene rings is 2. The topological polar surface area (TPSA) is 64.7 Å². The lowest BCUT2D eigenvalue weighted by Crippen LogP contribution is -2.02. The summed E-state index contributed by atoms with van der Waals surface area (Å²) in [4.78, 5) is 0. The van der Waals surface area contributed by atoms with E-state index < -0.39 is 0 Å². The summed E-state index contributed by atoms with van der Waals surface area (Å²) < 4.78 is 12.0. The molecule has 112 valence electrons. The van der Waals surface area contributed by atoms with Crippen LogP contribution < -0.4 is 15.2 Å². The molecule has 3 N–H and O–H groups in total. The fourth-order valence-corrected chi connectivity index (χ4v) is 2.53. The number of aliphatic hydroxyl groups is 1. The maximum Gasteiger partial charge on any atom is 0.175 e. The molecule has 2 aromatic carbocycles. The Morgan fingerprint density at radius 1 is 1.10 bits per heavy atom. The summed E-state index contributed by atoms with van der Waals surface area (Å²) >= 11 is 3.48.